The Balaban J connectivity index is 2.54. The van der Waals surface area contributed by atoms with Gasteiger partial charge in [0.25, 0.3) is 0 Å². The molecule has 0 fully saturated rings. The second kappa shape index (κ2) is 4.43. The van der Waals surface area contributed by atoms with E-state index in [-0.39, 0.29) is 5.41 Å². The monoisotopic (exact) mass is 254 g/mol. The Labute approximate surface area is 113 Å². The van der Waals surface area contributed by atoms with E-state index in [1.165, 1.54) is 0 Å². The van der Waals surface area contributed by atoms with Crippen molar-refractivity contribution in [1.29, 1.82) is 5.26 Å². The minimum atomic E-state index is -0.0618. The first kappa shape index (κ1) is 13.2. The third kappa shape index (κ3) is 2.32. The summed E-state index contributed by atoms with van der Waals surface area (Å²) in [5.74, 6) is 1.60. The molecule has 2 rings (SSSR count). The van der Waals surface area contributed by atoms with Crippen molar-refractivity contribution in [2.45, 2.75) is 26.2 Å². The number of nitrogens with zero attached hydrogens (tertiary/aromatic N) is 3. The fourth-order valence-electron chi connectivity index (χ4n) is 2.10. The van der Waals surface area contributed by atoms with Gasteiger partial charge in [-0.3, -0.25) is 0 Å². The Morgan fingerprint density at radius 1 is 1.21 bits per heavy atom. The molecule has 4 nitrogen and oxygen atoms in total. The van der Waals surface area contributed by atoms with E-state index in [1.807, 2.05) is 23.7 Å². The zero-order valence-corrected chi connectivity index (χ0v) is 11.7. The fraction of sp³-hybridized carbons (Fsp3) is 0.333. The molecule has 19 heavy (non-hydrogen) atoms. The Hall–Kier alpha value is -2.28. The zero-order valence-electron chi connectivity index (χ0n) is 11.7. The lowest BCUT2D eigenvalue weighted by Crippen LogP contribution is -2.17. The number of benzene rings is 1. The molecule has 98 valence electrons. The first-order chi connectivity index (χ1) is 8.84. The van der Waals surface area contributed by atoms with Gasteiger partial charge in [-0.2, -0.15) is 5.26 Å². The van der Waals surface area contributed by atoms with Crippen LogP contribution in [0.2, 0.25) is 0 Å². The predicted octanol–water partition coefficient (Wildman–Crippen LogP) is 2.84. The number of hydrogen-bond acceptors (Lipinski definition) is 3. The van der Waals surface area contributed by atoms with E-state index < -0.39 is 0 Å². The highest BCUT2D eigenvalue weighted by Gasteiger charge is 2.23. The molecule has 0 aliphatic rings. The van der Waals surface area contributed by atoms with Gasteiger partial charge in [0.15, 0.2) is 0 Å². The van der Waals surface area contributed by atoms with E-state index in [9.17, 15) is 0 Å². The van der Waals surface area contributed by atoms with Crippen LogP contribution in [0.1, 0.15) is 32.2 Å². The average Bonchev–Trinajstić information content (AvgIpc) is 2.66. The maximum Gasteiger partial charge on any atom is 0.131 e. The topological polar surface area (TPSA) is 67.6 Å². The van der Waals surface area contributed by atoms with E-state index in [2.05, 4.69) is 31.8 Å². The summed E-state index contributed by atoms with van der Waals surface area (Å²) in [4.78, 5) is 4.66. The van der Waals surface area contributed by atoms with Crippen LogP contribution < -0.4 is 5.73 Å². The van der Waals surface area contributed by atoms with Crippen LogP contribution in [0.25, 0.3) is 11.3 Å². The highest BCUT2D eigenvalue weighted by molar-refractivity contribution is 5.71. The number of imidazole rings is 1. The lowest BCUT2D eigenvalue weighted by Gasteiger charge is -2.17. The molecule has 0 saturated heterocycles. The third-order valence-electron chi connectivity index (χ3n) is 3.10. The first-order valence-electron chi connectivity index (χ1n) is 6.18. The summed E-state index contributed by atoms with van der Waals surface area (Å²) in [6, 6.07) is 9.42. The van der Waals surface area contributed by atoms with E-state index in [1.54, 1.807) is 12.1 Å². The SMILES string of the molecule is Cn1c(C(C)(C)C)nc(-c2ccc(C#N)cc2)c1N. The number of hydrogen-bond donors (Lipinski definition) is 1. The molecule has 4 heteroatoms. The quantitative estimate of drug-likeness (QED) is 0.850. The van der Waals surface area contributed by atoms with Crippen molar-refractivity contribution in [3.05, 3.63) is 35.7 Å². The number of nitrogen functional groups attached to an aromatic ring is 1. The minimum absolute atomic E-state index is 0.0618. The zero-order chi connectivity index (χ0) is 14.2. The van der Waals surface area contributed by atoms with Crippen molar-refractivity contribution >= 4 is 5.82 Å². The molecule has 1 aromatic heterocycles. The van der Waals surface area contributed by atoms with Crippen LogP contribution >= 0.6 is 0 Å². The van der Waals surface area contributed by atoms with Gasteiger partial charge in [0, 0.05) is 18.0 Å². The van der Waals surface area contributed by atoms with Crippen LogP contribution in [0.5, 0.6) is 0 Å². The molecule has 1 heterocycles. The van der Waals surface area contributed by atoms with E-state index in [0.29, 0.717) is 11.4 Å². The molecule has 0 spiro atoms. The maximum absolute atomic E-state index is 8.81. The molecule has 0 radical (unpaired) electrons. The van der Waals surface area contributed by atoms with Crippen molar-refractivity contribution in [3.63, 3.8) is 0 Å². The smallest absolute Gasteiger partial charge is 0.131 e. The highest BCUT2D eigenvalue weighted by atomic mass is 15.1. The van der Waals surface area contributed by atoms with Gasteiger partial charge in [0.05, 0.1) is 11.6 Å². The fourth-order valence-corrected chi connectivity index (χ4v) is 2.10. The van der Waals surface area contributed by atoms with Gasteiger partial charge in [-0.15, -0.1) is 0 Å². The molecular weight excluding hydrogens is 236 g/mol. The summed E-state index contributed by atoms with van der Waals surface area (Å²) in [7, 11) is 1.93. The molecule has 1 aromatic carbocycles. The van der Waals surface area contributed by atoms with Gasteiger partial charge in [0.1, 0.15) is 17.3 Å². The van der Waals surface area contributed by atoms with Crippen LogP contribution in [-0.4, -0.2) is 9.55 Å². The van der Waals surface area contributed by atoms with Crippen LogP contribution in [0.4, 0.5) is 5.82 Å². The third-order valence-corrected chi connectivity index (χ3v) is 3.10. The van der Waals surface area contributed by atoms with Crippen LogP contribution in [0, 0.1) is 11.3 Å². The van der Waals surface area contributed by atoms with Gasteiger partial charge >= 0.3 is 0 Å². The lowest BCUT2D eigenvalue weighted by molar-refractivity contribution is 0.524. The highest BCUT2D eigenvalue weighted by Crippen LogP contribution is 2.30. The molecule has 0 unspecified atom stereocenters. The summed E-state index contributed by atoms with van der Waals surface area (Å²) in [5, 5.41) is 8.81. The summed E-state index contributed by atoms with van der Waals surface area (Å²) in [6.45, 7) is 6.33. The Morgan fingerprint density at radius 3 is 2.21 bits per heavy atom. The summed E-state index contributed by atoms with van der Waals surface area (Å²) in [6.07, 6.45) is 0. The molecular formula is C15H18N4. The Kier molecular flexibility index (Phi) is 3.07. The molecule has 2 N–H and O–H groups in total. The van der Waals surface area contributed by atoms with Gasteiger partial charge in [-0.05, 0) is 12.1 Å². The molecule has 2 aromatic rings. The summed E-state index contributed by atoms with van der Waals surface area (Å²) in [5.41, 5.74) is 8.42. The van der Waals surface area contributed by atoms with Crippen LogP contribution in [-0.2, 0) is 12.5 Å². The predicted molar refractivity (Wildman–Crippen MR) is 76.5 cm³/mol. The van der Waals surface area contributed by atoms with Gasteiger partial charge < -0.3 is 10.3 Å². The van der Waals surface area contributed by atoms with Crippen molar-refractivity contribution in [2.75, 3.05) is 5.73 Å². The number of rotatable bonds is 1. The van der Waals surface area contributed by atoms with Crippen LogP contribution in [0.3, 0.4) is 0 Å². The lowest BCUT2D eigenvalue weighted by atomic mass is 9.96. The minimum Gasteiger partial charge on any atom is -0.383 e. The largest absolute Gasteiger partial charge is 0.383 e. The summed E-state index contributed by atoms with van der Waals surface area (Å²) >= 11 is 0. The molecule has 0 atom stereocenters. The van der Waals surface area contributed by atoms with Crippen molar-refractivity contribution < 1.29 is 0 Å². The van der Waals surface area contributed by atoms with Crippen LogP contribution in [0.15, 0.2) is 24.3 Å². The number of anilines is 1. The summed E-state index contributed by atoms with van der Waals surface area (Å²) < 4.78 is 1.92. The normalized spacial score (nSPS) is 11.3. The first-order valence-corrected chi connectivity index (χ1v) is 6.18. The standard InChI is InChI=1S/C15H18N4/c1-15(2,3)14-18-12(13(17)19(14)4)11-7-5-10(9-16)6-8-11/h5-8H,17H2,1-4H3. The van der Waals surface area contributed by atoms with E-state index >= 15 is 0 Å². The van der Waals surface area contributed by atoms with Crippen molar-refractivity contribution in [3.8, 4) is 17.3 Å². The van der Waals surface area contributed by atoms with Crippen molar-refractivity contribution in [1.82, 2.24) is 9.55 Å². The average molecular weight is 254 g/mol. The molecule has 0 bridgehead atoms. The second-order valence-electron chi connectivity index (χ2n) is 5.67. The van der Waals surface area contributed by atoms with Crippen molar-refractivity contribution in [2.24, 2.45) is 7.05 Å². The molecule has 0 aliphatic heterocycles. The molecule has 0 amide bonds. The Morgan fingerprint density at radius 2 is 1.79 bits per heavy atom. The second-order valence-corrected chi connectivity index (χ2v) is 5.67. The van der Waals surface area contributed by atoms with Gasteiger partial charge in [0.2, 0.25) is 0 Å². The van der Waals surface area contributed by atoms with E-state index in [0.717, 1.165) is 17.1 Å². The van der Waals surface area contributed by atoms with Gasteiger partial charge in [-0.25, -0.2) is 4.98 Å². The van der Waals surface area contributed by atoms with E-state index in [4.69, 9.17) is 11.0 Å². The Bertz CT molecular complexity index is 637. The molecule has 0 aliphatic carbocycles. The number of nitrogens with two attached hydrogens (primary N) is 1. The maximum atomic E-state index is 8.81. The molecule has 0 saturated carbocycles. The number of nitriles is 1. The number of aromatic nitrogens is 2. The van der Waals surface area contributed by atoms with Gasteiger partial charge in [-0.1, -0.05) is 32.9 Å².